The van der Waals surface area contributed by atoms with E-state index in [2.05, 4.69) is 22.0 Å². The quantitative estimate of drug-likeness (QED) is 0.174. The van der Waals surface area contributed by atoms with Crippen LogP contribution in [0.15, 0.2) is 73.1 Å². The van der Waals surface area contributed by atoms with Gasteiger partial charge in [0.2, 0.25) is 11.9 Å². The predicted molar refractivity (Wildman–Crippen MR) is 174 cm³/mol. The molecule has 0 aliphatic heterocycles. The molecule has 2 heterocycles. The van der Waals surface area contributed by atoms with Gasteiger partial charge in [0.15, 0.2) is 0 Å². The van der Waals surface area contributed by atoms with Crippen LogP contribution in [-0.2, 0) is 17.8 Å². The molecule has 0 unspecified atom stereocenters. The summed E-state index contributed by atoms with van der Waals surface area (Å²) in [5.41, 5.74) is 3.95. The van der Waals surface area contributed by atoms with Crippen LogP contribution in [0.1, 0.15) is 79.7 Å². The zero-order valence-electron chi connectivity index (χ0n) is 24.8. The maximum atomic E-state index is 14.1. The third-order valence-electron chi connectivity index (χ3n) is 8.76. The molecule has 9 heteroatoms. The van der Waals surface area contributed by atoms with E-state index in [0.29, 0.717) is 40.6 Å². The smallest absolute Gasteiger partial charge is 0.243 e. The van der Waals surface area contributed by atoms with Gasteiger partial charge in [-0.1, -0.05) is 61.9 Å². The van der Waals surface area contributed by atoms with E-state index in [1.165, 1.54) is 19.3 Å². The van der Waals surface area contributed by atoms with Gasteiger partial charge in [0.25, 0.3) is 0 Å². The van der Waals surface area contributed by atoms with Gasteiger partial charge in [-0.05, 0) is 84.7 Å². The third-order valence-corrected chi connectivity index (χ3v) is 8.99. The minimum Gasteiger partial charge on any atom is -0.358 e. The lowest BCUT2D eigenvalue weighted by Gasteiger charge is -2.31. The van der Waals surface area contributed by atoms with Crippen molar-refractivity contribution in [2.24, 2.45) is 5.92 Å². The zero-order chi connectivity index (χ0) is 30.3. The maximum Gasteiger partial charge on any atom is 0.243 e. The number of nitrogens with zero attached hydrogens (tertiary/aromatic N) is 4. The number of halogens is 1. The van der Waals surface area contributed by atoms with Crippen molar-refractivity contribution >= 4 is 29.3 Å². The molecule has 2 aliphatic carbocycles. The predicted octanol–water partition coefficient (Wildman–Crippen LogP) is 7.35. The lowest BCUT2D eigenvalue weighted by atomic mass is 9.84. The summed E-state index contributed by atoms with van der Waals surface area (Å²) in [6.07, 6.45) is 13.4. The Morgan fingerprint density at radius 3 is 2.64 bits per heavy atom. The molecule has 0 saturated heterocycles. The number of hydrogen-bond donors (Lipinski definition) is 3. The number of aromatic nitrogens is 3. The highest BCUT2D eigenvalue weighted by molar-refractivity contribution is 6.30. The number of rotatable bonds is 10. The fourth-order valence-electron chi connectivity index (χ4n) is 6.51. The monoisotopic (exact) mass is 607 g/mol. The van der Waals surface area contributed by atoms with Crippen LogP contribution in [0.2, 0.25) is 5.02 Å². The van der Waals surface area contributed by atoms with E-state index in [0.717, 1.165) is 55.2 Å². The van der Waals surface area contributed by atoms with Crippen molar-refractivity contribution in [1.82, 2.24) is 19.9 Å². The molecule has 1 amide bonds. The summed E-state index contributed by atoms with van der Waals surface area (Å²) in [5, 5.41) is 20.3. The van der Waals surface area contributed by atoms with Crippen LogP contribution in [0.5, 0.6) is 0 Å². The molecule has 226 valence electrons. The number of fused-ring (bicyclic) bond motifs is 1. The second-order valence-corrected chi connectivity index (χ2v) is 12.4. The van der Waals surface area contributed by atoms with Gasteiger partial charge in [0.1, 0.15) is 17.7 Å². The minimum atomic E-state index is -0.449. The van der Waals surface area contributed by atoms with Crippen LogP contribution in [0.3, 0.4) is 0 Å². The number of nitriles is 1. The van der Waals surface area contributed by atoms with Crippen LogP contribution in [0.25, 0.3) is 5.82 Å². The Morgan fingerprint density at radius 1 is 1.00 bits per heavy atom. The number of anilines is 2. The maximum absolute atomic E-state index is 14.1. The molecule has 0 spiro atoms. The first-order valence-electron chi connectivity index (χ1n) is 15.6. The van der Waals surface area contributed by atoms with Crippen molar-refractivity contribution in [2.45, 2.75) is 76.4 Å². The molecular formula is C35H38ClN7O. The molecule has 0 bridgehead atoms. The molecule has 1 fully saturated rings. The third kappa shape index (κ3) is 7.40. The van der Waals surface area contributed by atoms with Gasteiger partial charge in [-0.25, -0.2) is 0 Å². The molecule has 1 saturated carbocycles. The number of benzene rings is 2. The van der Waals surface area contributed by atoms with Gasteiger partial charge in [-0.2, -0.15) is 15.2 Å². The average molecular weight is 608 g/mol. The van der Waals surface area contributed by atoms with Crippen molar-refractivity contribution in [3.05, 3.63) is 100 Å². The largest absolute Gasteiger partial charge is 0.358 e. The molecule has 2 aromatic heterocycles. The molecule has 0 radical (unpaired) electrons. The Kier molecular flexibility index (Phi) is 9.43. The average Bonchev–Trinajstić information content (AvgIpc) is 3.59. The Hall–Kier alpha value is -4.35. The van der Waals surface area contributed by atoms with Crippen LogP contribution >= 0.6 is 11.6 Å². The normalized spacial score (nSPS) is 17.2. The summed E-state index contributed by atoms with van der Waals surface area (Å²) in [7, 11) is 0. The summed E-state index contributed by atoms with van der Waals surface area (Å²) < 4.78 is 1.93. The molecule has 6 rings (SSSR count). The second-order valence-electron chi connectivity index (χ2n) is 11.9. The summed E-state index contributed by atoms with van der Waals surface area (Å²) in [5.74, 6) is 2.22. The minimum absolute atomic E-state index is 0.0210. The van der Waals surface area contributed by atoms with Crippen molar-refractivity contribution in [3.8, 4) is 11.9 Å². The van der Waals surface area contributed by atoms with Crippen LogP contribution in [0.4, 0.5) is 11.8 Å². The van der Waals surface area contributed by atoms with Gasteiger partial charge in [-0.3, -0.25) is 4.79 Å². The van der Waals surface area contributed by atoms with Crippen LogP contribution < -0.4 is 16.0 Å². The van der Waals surface area contributed by atoms with Crippen LogP contribution in [0, 0.1) is 17.2 Å². The standard InChI is InChI=1S/C35H38ClN7O/c36-28-12-6-10-26(19-28)23-38-35-41-32(21-33(42-35)43-16-4-5-17-43)39-31(20-24-8-2-1-3-9-24)34(44)40-30-13-7-11-27-18-25(22-37)14-15-29(27)30/h4-6,10,12,14-19,21,24,30-31H,1-3,7-9,11,13,20,23H2,(H,40,44)(H2,38,39,41,42)/t30-,31-/m1/s1. The molecule has 3 N–H and O–H groups in total. The van der Waals surface area contributed by atoms with Crippen molar-refractivity contribution in [2.75, 3.05) is 10.6 Å². The molecular weight excluding hydrogens is 570 g/mol. The Morgan fingerprint density at radius 2 is 1.84 bits per heavy atom. The number of carbonyl (C=O) groups is 1. The van der Waals surface area contributed by atoms with E-state index in [4.69, 9.17) is 21.6 Å². The van der Waals surface area contributed by atoms with Gasteiger partial charge < -0.3 is 20.5 Å². The fraction of sp³-hybridized carbons (Fsp3) is 0.371. The van der Waals surface area contributed by atoms with Crippen molar-refractivity contribution in [3.63, 3.8) is 0 Å². The fourth-order valence-corrected chi connectivity index (χ4v) is 6.72. The number of amides is 1. The van der Waals surface area contributed by atoms with E-state index in [1.54, 1.807) is 0 Å². The zero-order valence-corrected chi connectivity index (χ0v) is 25.6. The first-order chi connectivity index (χ1) is 21.5. The summed E-state index contributed by atoms with van der Waals surface area (Å²) in [4.78, 5) is 23.6. The Bertz CT molecular complexity index is 1620. The van der Waals surface area contributed by atoms with E-state index in [-0.39, 0.29) is 11.9 Å². The topological polar surface area (TPSA) is 108 Å². The number of aryl methyl sites for hydroxylation is 1. The molecule has 44 heavy (non-hydrogen) atoms. The summed E-state index contributed by atoms with van der Waals surface area (Å²) in [6, 6.07) is 21.0. The molecule has 2 aromatic carbocycles. The molecule has 4 aromatic rings. The Labute approximate surface area is 263 Å². The van der Waals surface area contributed by atoms with Gasteiger partial charge in [0.05, 0.1) is 17.7 Å². The summed E-state index contributed by atoms with van der Waals surface area (Å²) in [6.45, 7) is 0.510. The van der Waals surface area contributed by atoms with E-state index in [1.807, 2.05) is 77.6 Å². The summed E-state index contributed by atoms with van der Waals surface area (Å²) >= 11 is 6.20. The molecule has 2 atom stereocenters. The molecule has 2 aliphatic rings. The number of carbonyl (C=O) groups excluding carboxylic acids is 1. The first-order valence-corrected chi connectivity index (χ1v) is 16.0. The number of nitrogens with one attached hydrogen (secondary N) is 3. The van der Waals surface area contributed by atoms with Gasteiger partial charge in [0, 0.05) is 30.0 Å². The lowest BCUT2D eigenvalue weighted by Crippen LogP contribution is -2.43. The van der Waals surface area contributed by atoms with E-state index in [9.17, 15) is 10.1 Å². The highest BCUT2D eigenvalue weighted by atomic mass is 35.5. The van der Waals surface area contributed by atoms with Crippen LogP contribution in [-0.4, -0.2) is 26.5 Å². The van der Waals surface area contributed by atoms with Crippen molar-refractivity contribution < 1.29 is 4.79 Å². The molecule has 8 nitrogen and oxygen atoms in total. The first kappa shape index (κ1) is 29.7. The lowest BCUT2D eigenvalue weighted by molar-refractivity contribution is -0.123. The Balaban J connectivity index is 1.25. The van der Waals surface area contributed by atoms with Gasteiger partial charge >= 0.3 is 0 Å². The van der Waals surface area contributed by atoms with Crippen molar-refractivity contribution in [1.29, 1.82) is 5.26 Å². The highest BCUT2D eigenvalue weighted by Gasteiger charge is 2.29. The van der Waals surface area contributed by atoms with E-state index >= 15 is 0 Å². The highest BCUT2D eigenvalue weighted by Crippen LogP contribution is 2.32. The SMILES string of the molecule is N#Cc1ccc2c(c1)CCC[C@H]2NC(=O)[C@@H](CC1CCCCC1)Nc1cc(-n2cccc2)nc(NCc2cccc(Cl)c2)n1. The number of hydrogen-bond acceptors (Lipinski definition) is 6. The van der Waals surface area contributed by atoms with Gasteiger partial charge in [-0.15, -0.1) is 0 Å². The van der Waals surface area contributed by atoms with E-state index < -0.39 is 6.04 Å². The second kappa shape index (κ2) is 14.0.